The van der Waals surface area contributed by atoms with Gasteiger partial charge in [-0.1, -0.05) is 19.1 Å². The third-order valence-electron chi connectivity index (χ3n) is 2.94. The Morgan fingerprint density at radius 3 is 2.70 bits per heavy atom. The highest BCUT2D eigenvalue weighted by Crippen LogP contribution is 2.24. The molecular weight excluding hydrogens is 254 g/mol. The molecule has 3 N–H and O–H groups in total. The normalized spacial score (nSPS) is 10.2. The quantitative estimate of drug-likeness (QED) is 0.835. The van der Waals surface area contributed by atoms with Gasteiger partial charge in [0.25, 0.3) is 5.91 Å². The first-order valence-corrected chi connectivity index (χ1v) is 6.48. The van der Waals surface area contributed by atoms with Crippen LogP contribution in [-0.4, -0.2) is 17.4 Å². The van der Waals surface area contributed by atoms with Gasteiger partial charge < -0.3 is 15.6 Å². The minimum Gasteiger partial charge on any atom is -0.397 e. The number of anilines is 2. The van der Waals surface area contributed by atoms with Gasteiger partial charge in [0.15, 0.2) is 0 Å². The van der Waals surface area contributed by atoms with E-state index in [0.717, 1.165) is 6.42 Å². The number of benzene rings is 1. The molecular formula is C15H17N3O2. The van der Waals surface area contributed by atoms with E-state index in [0.29, 0.717) is 23.5 Å². The molecule has 2 rings (SSSR count). The van der Waals surface area contributed by atoms with E-state index in [-0.39, 0.29) is 11.5 Å². The summed E-state index contributed by atoms with van der Waals surface area (Å²) >= 11 is 0. The van der Waals surface area contributed by atoms with E-state index < -0.39 is 0 Å². The third-order valence-corrected chi connectivity index (χ3v) is 2.94. The van der Waals surface area contributed by atoms with Crippen LogP contribution in [0.25, 0.3) is 0 Å². The standard InChI is InChI=1S/C15H17N3O2/c1-2-9-18(13-6-4-3-5-12(13)16)15(20)11-7-8-17-14(19)10-11/h3-8,10H,2,9,16H2,1H3,(H,17,19). The Hall–Kier alpha value is -2.56. The van der Waals surface area contributed by atoms with Crippen molar-refractivity contribution in [2.45, 2.75) is 13.3 Å². The van der Waals surface area contributed by atoms with Crippen LogP contribution in [-0.2, 0) is 0 Å². The maximum Gasteiger partial charge on any atom is 0.258 e. The van der Waals surface area contributed by atoms with Crippen molar-refractivity contribution in [1.82, 2.24) is 4.98 Å². The third kappa shape index (κ3) is 2.88. The lowest BCUT2D eigenvalue weighted by molar-refractivity contribution is 0.0987. The Bertz CT molecular complexity index is 664. The lowest BCUT2D eigenvalue weighted by Gasteiger charge is -2.23. The number of aromatic amines is 1. The summed E-state index contributed by atoms with van der Waals surface area (Å²) in [7, 11) is 0. The molecule has 0 saturated heterocycles. The number of amides is 1. The second kappa shape index (κ2) is 6.06. The largest absolute Gasteiger partial charge is 0.397 e. The van der Waals surface area contributed by atoms with Crippen LogP contribution in [0.2, 0.25) is 0 Å². The number of pyridine rings is 1. The van der Waals surface area contributed by atoms with Crippen molar-refractivity contribution in [2.24, 2.45) is 0 Å². The number of aromatic nitrogens is 1. The number of hydrogen-bond donors (Lipinski definition) is 2. The number of nitrogens with zero attached hydrogens (tertiary/aromatic N) is 1. The monoisotopic (exact) mass is 271 g/mol. The Balaban J connectivity index is 2.41. The minimum absolute atomic E-state index is 0.226. The second-order valence-corrected chi connectivity index (χ2v) is 4.46. The van der Waals surface area contributed by atoms with Gasteiger partial charge in [0.1, 0.15) is 0 Å². The average molecular weight is 271 g/mol. The Kier molecular flexibility index (Phi) is 4.20. The van der Waals surface area contributed by atoms with E-state index in [1.165, 1.54) is 12.3 Å². The maximum absolute atomic E-state index is 12.6. The Labute approximate surface area is 117 Å². The molecule has 0 bridgehead atoms. The molecule has 104 valence electrons. The first kappa shape index (κ1) is 13.9. The lowest BCUT2D eigenvalue weighted by atomic mass is 10.2. The van der Waals surface area contributed by atoms with Crippen molar-refractivity contribution in [1.29, 1.82) is 0 Å². The predicted octanol–water partition coefficient (Wildman–Crippen LogP) is 2.01. The molecule has 1 aromatic carbocycles. The molecule has 0 aliphatic rings. The number of nitrogens with two attached hydrogens (primary N) is 1. The average Bonchev–Trinajstić information content (AvgIpc) is 2.45. The van der Waals surface area contributed by atoms with Crippen LogP contribution in [0.3, 0.4) is 0 Å². The van der Waals surface area contributed by atoms with Crippen LogP contribution in [0.4, 0.5) is 11.4 Å². The number of nitrogen functional groups attached to an aromatic ring is 1. The summed E-state index contributed by atoms with van der Waals surface area (Å²) in [5, 5.41) is 0. The lowest BCUT2D eigenvalue weighted by Crippen LogP contribution is -2.33. The topological polar surface area (TPSA) is 79.2 Å². The molecule has 1 heterocycles. The van der Waals surface area contributed by atoms with Gasteiger partial charge in [-0.05, 0) is 24.6 Å². The second-order valence-electron chi connectivity index (χ2n) is 4.46. The van der Waals surface area contributed by atoms with Crippen molar-refractivity contribution < 1.29 is 4.79 Å². The van der Waals surface area contributed by atoms with Crippen molar-refractivity contribution >= 4 is 17.3 Å². The van der Waals surface area contributed by atoms with Crippen LogP contribution >= 0.6 is 0 Å². The summed E-state index contributed by atoms with van der Waals surface area (Å²) in [6, 6.07) is 10.1. The van der Waals surface area contributed by atoms with Crippen molar-refractivity contribution in [3.05, 3.63) is 58.5 Å². The highest BCUT2D eigenvalue weighted by molar-refractivity contribution is 6.07. The van der Waals surface area contributed by atoms with E-state index in [9.17, 15) is 9.59 Å². The summed E-state index contributed by atoms with van der Waals surface area (Å²) in [5.41, 5.74) is 7.20. The van der Waals surface area contributed by atoms with Gasteiger partial charge in [-0.25, -0.2) is 0 Å². The smallest absolute Gasteiger partial charge is 0.258 e. The molecule has 2 aromatic rings. The number of rotatable bonds is 4. The molecule has 1 aromatic heterocycles. The fraction of sp³-hybridized carbons (Fsp3) is 0.200. The molecule has 0 aliphatic carbocycles. The van der Waals surface area contributed by atoms with Crippen LogP contribution in [0, 0.1) is 0 Å². The molecule has 0 unspecified atom stereocenters. The number of carbonyl (C=O) groups excluding carboxylic acids is 1. The van der Waals surface area contributed by atoms with Gasteiger partial charge in [-0.3, -0.25) is 9.59 Å². The molecule has 5 nitrogen and oxygen atoms in total. The molecule has 5 heteroatoms. The number of nitrogens with one attached hydrogen (secondary N) is 1. The van der Waals surface area contributed by atoms with Gasteiger partial charge in [-0.15, -0.1) is 0 Å². The van der Waals surface area contributed by atoms with Crippen molar-refractivity contribution in [3.63, 3.8) is 0 Å². The van der Waals surface area contributed by atoms with Gasteiger partial charge >= 0.3 is 0 Å². The number of para-hydroxylation sites is 2. The zero-order valence-corrected chi connectivity index (χ0v) is 11.3. The fourth-order valence-electron chi connectivity index (χ4n) is 2.02. The van der Waals surface area contributed by atoms with Gasteiger partial charge in [0.05, 0.1) is 11.4 Å². The summed E-state index contributed by atoms with van der Waals surface area (Å²) < 4.78 is 0. The highest BCUT2D eigenvalue weighted by Gasteiger charge is 2.18. The first-order valence-electron chi connectivity index (χ1n) is 6.48. The van der Waals surface area contributed by atoms with E-state index in [2.05, 4.69) is 4.98 Å². The number of hydrogen-bond acceptors (Lipinski definition) is 3. The van der Waals surface area contributed by atoms with Gasteiger partial charge in [-0.2, -0.15) is 0 Å². The molecule has 0 aliphatic heterocycles. The Morgan fingerprint density at radius 1 is 1.30 bits per heavy atom. The summed E-state index contributed by atoms with van der Waals surface area (Å²) in [5.74, 6) is -0.226. The molecule has 0 radical (unpaired) electrons. The van der Waals surface area contributed by atoms with E-state index >= 15 is 0 Å². The predicted molar refractivity (Wildman–Crippen MR) is 79.9 cm³/mol. The minimum atomic E-state index is -0.298. The summed E-state index contributed by atoms with van der Waals surface area (Å²) in [6.07, 6.45) is 2.26. The van der Waals surface area contributed by atoms with Crippen molar-refractivity contribution in [3.8, 4) is 0 Å². The number of carbonyl (C=O) groups is 1. The Morgan fingerprint density at radius 2 is 2.05 bits per heavy atom. The number of H-pyrrole nitrogens is 1. The van der Waals surface area contributed by atoms with Crippen LogP contribution < -0.4 is 16.2 Å². The van der Waals surface area contributed by atoms with Gasteiger partial charge in [0.2, 0.25) is 5.56 Å². The zero-order chi connectivity index (χ0) is 14.5. The molecule has 0 atom stereocenters. The molecule has 0 fully saturated rings. The molecule has 0 saturated carbocycles. The fourth-order valence-corrected chi connectivity index (χ4v) is 2.02. The highest BCUT2D eigenvalue weighted by atomic mass is 16.2. The van der Waals surface area contributed by atoms with Crippen LogP contribution in [0.1, 0.15) is 23.7 Å². The zero-order valence-electron chi connectivity index (χ0n) is 11.3. The van der Waals surface area contributed by atoms with Crippen LogP contribution in [0.15, 0.2) is 47.4 Å². The van der Waals surface area contributed by atoms with E-state index in [1.807, 2.05) is 19.1 Å². The summed E-state index contributed by atoms with van der Waals surface area (Å²) in [6.45, 7) is 2.52. The summed E-state index contributed by atoms with van der Waals surface area (Å²) in [4.78, 5) is 28.0. The van der Waals surface area contributed by atoms with Gasteiger partial charge in [0, 0.05) is 24.4 Å². The first-order chi connectivity index (χ1) is 9.63. The van der Waals surface area contributed by atoms with Crippen molar-refractivity contribution in [2.75, 3.05) is 17.2 Å². The van der Waals surface area contributed by atoms with Crippen LogP contribution in [0.5, 0.6) is 0 Å². The molecule has 1 amide bonds. The molecule has 20 heavy (non-hydrogen) atoms. The molecule has 0 spiro atoms. The maximum atomic E-state index is 12.6. The van der Waals surface area contributed by atoms with E-state index in [4.69, 9.17) is 5.73 Å². The van der Waals surface area contributed by atoms with E-state index in [1.54, 1.807) is 23.1 Å². The SMILES string of the molecule is CCCN(C(=O)c1cc[nH]c(=O)c1)c1ccccc1N.